The Morgan fingerprint density at radius 3 is 2.75 bits per heavy atom. The van der Waals surface area contributed by atoms with E-state index < -0.39 is 11.9 Å². The molecule has 0 bridgehead atoms. The summed E-state index contributed by atoms with van der Waals surface area (Å²) in [6.07, 6.45) is -0.197. The maximum absolute atomic E-state index is 13.1. The zero-order valence-electron chi connectivity index (χ0n) is 9.50. The summed E-state index contributed by atoms with van der Waals surface area (Å²) in [7, 11) is 0. The zero-order valence-corrected chi connectivity index (χ0v) is 10.3. The van der Waals surface area contributed by atoms with Gasteiger partial charge in [0.25, 0.3) is 0 Å². The van der Waals surface area contributed by atoms with Crippen molar-refractivity contribution in [3.8, 4) is 0 Å². The molecule has 1 rings (SSSR count). The number of hydrogen-bond donors (Lipinski definition) is 2. The van der Waals surface area contributed by atoms with Gasteiger partial charge in [-0.25, -0.2) is 4.39 Å². The molecule has 0 radical (unpaired) electrons. The molecule has 1 unspecified atom stereocenters. The number of benzene rings is 1. The van der Waals surface area contributed by atoms with Crippen molar-refractivity contribution in [1.29, 1.82) is 0 Å². The number of aliphatic hydroxyl groups excluding tert-OH is 1. The lowest BCUT2D eigenvalue weighted by Crippen LogP contribution is -2.33. The molecule has 2 nitrogen and oxygen atoms in total. The van der Waals surface area contributed by atoms with Crippen LogP contribution in [-0.2, 0) is 6.42 Å². The van der Waals surface area contributed by atoms with Crippen molar-refractivity contribution in [2.24, 2.45) is 0 Å². The van der Waals surface area contributed by atoms with Gasteiger partial charge in [-0.3, -0.25) is 0 Å². The Balaban J connectivity index is 2.56. The second-order valence-electron chi connectivity index (χ2n) is 4.13. The predicted octanol–water partition coefficient (Wildman–Crippen LogP) is 2.38. The first-order chi connectivity index (χ1) is 7.50. The Morgan fingerprint density at radius 1 is 1.44 bits per heavy atom. The third-order valence-electron chi connectivity index (χ3n) is 2.25. The minimum Gasteiger partial charge on any atom is -0.391 e. The van der Waals surface area contributed by atoms with E-state index in [0.29, 0.717) is 24.6 Å². The number of nitrogens with one attached hydrogen (secondary N) is 1. The maximum Gasteiger partial charge on any atom is 0.142 e. The van der Waals surface area contributed by atoms with E-state index in [-0.39, 0.29) is 5.02 Å². The molecule has 90 valence electrons. The number of hydrogen-bond acceptors (Lipinski definition) is 2. The molecule has 1 aromatic rings. The monoisotopic (exact) mass is 245 g/mol. The first-order valence-electron chi connectivity index (χ1n) is 5.35. The van der Waals surface area contributed by atoms with Gasteiger partial charge in [0.05, 0.1) is 11.1 Å². The van der Waals surface area contributed by atoms with Crippen LogP contribution in [0.2, 0.25) is 5.02 Å². The first-order valence-corrected chi connectivity index (χ1v) is 5.73. The van der Waals surface area contributed by atoms with Crippen LogP contribution >= 0.6 is 11.6 Å². The SMILES string of the molecule is CC(C)NCC(O)Cc1cccc(F)c1Cl. The Bertz CT molecular complexity index is 344. The zero-order chi connectivity index (χ0) is 12.1. The molecule has 0 aromatic heterocycles. The lowest BCUT2D eigenvalue weighted by molar-refractivity contribution is 0.169. The Labute approximate surface area is 100 Å². The van der Waals surface area contributed by atoms with Gasteiger partial charge in [0.2, 0.25) is 0 Å². The standard InChI is InChI=1S/C12H17ClFNO/c1-8(2)15-7-10(16)6-9-4-3-5-11(14)12(9)13/h3-5,8,10,15-16H,6-7H2,1-2H3. The lowest BCUT2D eigenvalue weighted by Gasteiger charge is -2.14. The average Bonchev–Trinajstić information content (AvgIpc) is 2.22. The van der Waals surface area contributed by atoms with Gasteiger partial charge < -0.3 is 10.4 Å². The highest BCUT2D eigenvalue weighted by Crippen LogP contribution is 2.20. The molecule has 0 saturated heterocycles. The van der Waals surface area contributed by atoms with E-state index in [1.54, 1.807) is 12.1 Å². The fourth-order valence-corrected chi connectivity index (χ4v) is 1.61. The van der Waals surface area contributed by atoms with Crippen LogP contribution < -0.4 is 5.32 Å². The van der Waals surface area contributed by atoms with E-state index in [1.807, 2.05) is 13.8 Å². The molecule has 0 amide bonds. The molecule has 4 heteroatoms. The van der Waals surface area contributed by atoms with Crippen LogP contribution in [0.4, 0.5) is 4.39 Å². The summed E-state index contributed by atoms with van der Waals surface area (Å²) in [5, 5.41) is 12.9. The van der Waals surface area contributed by atoms with Crippen LogP contribution in [0.5, 0.6) is 0 Å². The van der Waals surface area contributed by atoms with Crippen molar-refractivity contribution >= 4 is 11.6 Å². The topological polar surface area (TPSA) is 32.3 Å². The van der Waals surface area contributed by atoms with Gasteiger partial charge in [0.1, 0.15) is 5.82 Å². The second kappa shape index (κ2) is 6.18. The minimum absolute atomic E-state index is 0.103. The highest BCUT2D eigenvalue weighted by molar-refractivity contribution is 6.31. The molecule has 1 atom stereocenters. The fraction of sp³-hybridized carbons (Fsp3) is 0.500. The van der Waals surface area contributed by atoms with E-state index in [1.165, 1.54) is 6.07 Å². The van der Waals surface area contributed by atoms with Gasteiger partial charge >= 0.3 is 0 Å². The molecule has 1 aromatic carbocycles. The van der Waals surface area contributed by atoms with Crippen LogP contribution in [0.1, 0.15) is 19.4 Å². The smallest absolute Gasteiger partial charge is 0.142 e. The van der Waals surface area contributed by atoms with Crippen LogP contribution in [0.25, 0.3) is 0 Å². The van der Waals surface area contributed by atoms with Gasteiger partial charge in [0.15, 0.2) is 0 Å². The third-order valence-corrected chi connectivity index (χ3v) is 2.67. The molecule has 0 aliphatic heterocycles. The second-order valence-corrected chi connectivity index (χ2v) is 4.51. The first kappa shape index (κ1) is 13.4. The summed E-state index contributed by atoms with van der Waals surface area (Å²) >= 11 is 5.79. The number of rotatable bonds is 5. The summed E-state index contributed by atoms with van der Waals surface area (Å²) < 4.78 is 13.1. The lowest BCUT2D eigenvalue weighted by atomic mass is 10.1. The minimum atomic E-state index is -0.554. The van der Waals surface area contributed by atoms with E-state index in [2.05, 4.69) is 5.32 Å². The average molecular weight is 246 g/mol. The van der Waals surface area contributed by atoms with Crippen LogP contribution in [-0.4, -0.2) is 23.8 Å². The summed E-state index contributed by atoms with van der Waals surface area (Å²) in [5.41, 5.74) is 0.639. The molecule has 0 aliphatic rings. The normalized spacial score (nSPS) is 13.1. The Kier molecular flexibility index (Phi) is 5.19. The van der Waals surface area contributed by atoms with Crippen molar-refractivity contribution < 1.29 is 9.50 Å². The molecule has 0 fully saturated rings. The van der Waals surface area contributed by atoms with E-state index in [4.69, 9.17) is 11.6 Å². The van der Waals surface area contributed by atoms with Crippen molar-refractivity contribution in [1.82, 2.24) is 5.32 Å². The summed E-state index contributed by atoms with van der Waals surface area (Å²) in [4.78, 5) is 0. The molecule has 0 heterocycles. The largest absolute Gasteiger partial charge is 0.391 e. The number of aliphatic hydroxyl groups is 1. The van der Waals surface area contributed by atoms with Crippen molar-refractivity contribution in [3.63, 3.8) is 0 Å². The molecular weight excluding hydrogens is 229 g/mol. The molecule has 0 saturated carbocycles. The summed E-state index contributed by atoms with van der Waals surface area (Å²) in [5.74, 6) is -0.441. The van der Waals surface area contributed by atoms with E-state index in [9.17, 15) is 9.50 Å². The number of halogens is 2. The van der Waals surface area contributed by atoms with Crippen molar-refractivity contribution in [3.05, 3.63) is 34.6 Å². The van der Waals surface area contributed by atoms with Crippen molar-refractivity contribution in [2.75, 3.05) is 6.54 Å². The Hall–Kier alpha value is -0.640. The van der Waals surface area contributed by atoms with Crippen LogP contribution in [0.3, 0.4) is 0 Å². The van der Waals surface area contributed by atoms with Gasteiger partial charge in [0, 0.05) is 19.0 Å². The van der Waals surface area contributed by atoms with Gasteiger partial charge in [-0.15, -0.1) is 0 Å². The van der Waals surface area contributed by atoms with Crippen LogP contribution in [0.15, 0.2) is 18.2 Å². The highest BCUT2D eigenvalue weighted by atomic mass is 35.5. The summed E-state index contributed by atoms with van der Waals surface area (Å²) in [6, 6.07) is 4.95. The van der Waals surface area contributed by atoms with Gasteiger partial charge in [-0.05, 0) is 11.6 Å². The molecule has 2 N–H and O–H groups in total. The molecule has 0 spiro atoms. The predicted molar refractivity (Wildman–Crippen MR) is 64.3 cm³/mol. The molecule has 16 heavy (non-hydrogen) atoms. The fourth-order valence-electron chi connectivity index (χ4n) is 1.40. The van der Waals surface area contributed by atoms with Gasteiger partial charge in [-0.1, -0.05) is 37.6 Å². The maximum atomic E-state index is 13.1. The Morgan fingerprint density at radius 2 is 2.12 bits per heavy atom. The van der Waals surface area contributed by atoms with E-state index >= 15 is 0 Å². The van der Waals surface area contributed by atoms with Crippen molar-refractivity contribution in [2.45, 2.75) is 32.4 Å². The summed E-state index contributed by atoms with van der Waals surface area (Å²) in [6.45, 7) is 4.48. The molecule has 0 aliphatic carbocycles. The highest BCUT2D eigenvalue weighted by Gasteiger charge is 2.11. The quantitative estimate of drug-likeness (QED) is 0.835. The molecular formula is C12H17ClFNO. The third kappa shape index (κ3) is 4.08. The van der Waals surface area contributed by atoms with Crippen LogP contribution in [0, 0.1) is 5.82 Å². The van der Waals surface area contributed by atoms with Gasteiger partial charge in [-0.2, -0.15) is 0 Å². The van der Waals surface area contributed by atoms with E-state index in [0.717, 1.165) is 0 Å².